The highest BCUT2D eigenvalue weighted by molar-refractivity contribution is 9.10. The van der Waals surface area contributed by atoms with Gasteiger partial charge < -0.3 is 5.32 Å². The van der Waals surface area contributed by atoms with Gasteiger partial charge in [-0.3, -0.25) is 4.68 Å². The van der Waals surface area contributed by atoms with E-state index in [4.69, 9.17) is 5.10 Å². The smallest absolute Gasteiger partial charge is 0.0815 e. The lowest BCUT2D eigenvalue weighted by Crippen LogP contribution is -2.07. The predicted molar refractivity (Wildman–Crippen MR) is 85.9 cm³/mol. The average molecular weight is 334 g/mol. The molecule has 2 aromatic rings. The summed E-state index contributed by atoms with van der Waals surface area (Å²) < 4.78 is 3.30. The lowest BCUT2D eigenvalue weighted by Gasteiger charge is -2.09. The van der Waals surface area contributed by atoms with Gasteiger partial charge >= 0.3 is 0 Å². The molecule has 1 N–H and O–H groups in total. The Morgan fingerprint density at radius 2 is 2.10 bits per heavy atom. The molecule has 1 aliphatic carbocycles. The fourth-order valence-corrected chi connectivity index (χ4v) is 3.04. The molecule has 0 unspecified atom stereocenters. The molecule has 0 spiro atoms. The van der Waals surface area contributed by atoms with Crippen molar-refractivity contribution in [1.29, 1.82) is 0 Å². The zero-order chi connectivity index (χ0) is 13.9. The van der Waals surface area contributed by atoms with Gasteiger partial charge in [0.1, 0.15) is 0 Å². The number of aromatic nitrogens is 2. The molecule has 3 rings (SSSR count). The molecule has 0 aliphatic heterocycles. The Kier molecular flexibility index (Phi) is 4.10. The summed E-state index contributed by atoms with van der Waals surface area (Å²) in [4.78, 5) is 0. The second-order valence-electron chi connectivity index (χ2n) is 5.54. The molecule has 1 fully saturated rings. The van der Waals surface area contributed by atoms with Crippen molar-refractivity contribution >= 4 is 21.6 Å². The molecule has 1 saturated carbocycles. The molecule has 1 aromatic carbocycles. The van der Waals surface area contributed by atoms with Gasteiger partial charge in [-0.2, -0.15) is 5.10 Å². The van der Waals surface area contributed by atoms with Crippen LogP contribution in [0.5, 0.6) is 0 Å². The summed E-state index contributed by atoms with van der Waals surface area (Å²) in [7, 11) is 0. The fraction of sp³-hybridized carbons (Fsp3) is 0.438. The van der Waals surface area contributed by atoms with Gasteiger partial charge in [-0.05, 0) is 49.6 Å². The summed E-state index contributed by atoms with van der Waals surface area (Å²) in [6.07, 6.45) is 7.37. The quantitative estimate of drug-likeness (QED) is 0.880. The normalized spacial score (nSPS) is 15.7. The number of rotatable bonds is 4. The maximum Gasteiger partial charge on any atom is 0.0815 e. The lowest BCUT2D eigenvalue weighted by atomic mass is 10.2. The number of anilines is 1. The van der Waals surface area contributed by atoms with E-state index in [1.165, 1.54) is 31.2 Å². The minimum Gasteiger partial charge on any atom is -0.379 e. The van der Waals surface area contributed by atoms with E-state index < -0.39 is 0 Å². The van der Waals surface area contributed by atoms with Crippen LogP contribution in [0.3, 0.4) is 0 Å². The van der Waals surface area contributed by atoms with Gasteiger partial charge in [0, 0.05) is 16.4 Å². The minimum absolute atomic E-state index is 0.624. The largest absolute Gasteiger partial charge is 0.379 e. The highest BCUT2D eigenvalue weighted by Gasteiger charge is 2.17. The van der Waals surface area contributed by atoms with Crippen LogP contribution in [0.25, 0.3) is 0 Å². The Morgan fingerprint density at radius 1 is 1.30 bits per heavy atom. The maximum atomic E-state index is 4.69. The van der Waals surface area contributed by atoms with Gasteiger partial charge in [0.05, 0.1) is 18.3 Å². The Balaban J connectivity index is 1.61. The van der Waals surface area contributed by atoms with Crippen LogP contribution in [-0.2, 0) is 6.54 Å². The van der Waals surface area contributed by atoms with Gasteiger partial charge in [-0.25, -0.2) is 0 Å². The molecule has 0 bridgehead atoms. The molecule has 20 heavy (non-hydrogen) atoms. The van der Waals surface area contributed by atoms with Crippen molar-refractivity contribution in [2.75, 3.05) is 5.32 Å². The monoisotopic (exact) mass is 333 g/mol. The van der Waals surface area contributed by atoms with Crippen LogP contribution in [0.1, 0.15) is 43.0 Å². The van der Waals surface area contributed by atoms with Crippen LogP contribution >= 0.6 is 15.9 Å². The molecule has 0 saturated heterocycles. The van der Waals surface area contributed by atoms with Gasteiger partial charge in [-0.15, -0.1) is 0 Å². The molecular formula is C16H20BrN3. The molecule has 1 aromatic heterocycles. The zero-order valence-electron chi connectivity index (χ0n) is 11.8. The number of aryl methyl sites for hydroxylation is 1. The Labute approximate surface area is 128 Å². The van der Waals surface area contributed by atoms with E-state index in [1.54, 1.807) is 0 Å². The number of hydrogen-bond donors (Lipinski definition) is 1. The first-order valence-electron chi connectivity index (χ1n) is 7.26. The predicted octanol–water partition coefficient (Wildman–Crippen LogP) is 4.68. The van der Waals surface area contributed by atoms with E-state index in [9.17, 15) is 0 Å². The second kappa shape index (κ2) is 6.00. The third kappa shape index (κ3) is 3.06. The fourth-order valence-electron chi connectivity index (χ4n) is 2.79. The number of nitrogens with one attached hydrogen (secondary N) is 1. The molecule has 1 aliphatic rings. The first kappa shape index (κ1) is 13.7. The van der Waals surface area contributed by atoms with Crippen molar-refractivity contribution in [2.24, 2.45) is 0 Å². The van der Waals surface area contributed by atoms with Crippen molar-refractivity contribution in [3.05, 3.63) is 46.2 Å². The number of halogens is 1. The molecule has 106 valence electrons. The van der Waals surface area contributed by atoms with Gasteiger partial charge in [-0.1, -0.05) is 28.8 Å². The summed E-state index contributed by atoms with van der Waals surface area (Å²) in [6.45, 7) is 2.88. The molecular weight excluding hydrogens is 314 g/mol. The summed E-state index contributed by atoms with van der Waals surface area (Å²) in [5, 5.41) is 8.13. The van der Waals surface area contributed by atoms with Crippen LogP contribution in [0.4, 0.5) is 5.69 Å². The molecule has 4 heteroatoms. The molecule has 1 heterocycles. The molecule has 0 radical (unpaired) electrons. The van der Waals surface area contributed by atoms with Crippen LogP contribution in [0, 0.1) is 6.92 Å². The Bertz CT molecular complexity index is 585. The van der Waals surface area contributed by atoms with Crippen molar-refractivity contribution in [1.82, 2.24) is 9.78 Å². The lowest BCUT2D eigenvalue weighted by molar-refractivity contribution is 0.463. The van der Waals surface area contributed by atoms with E-state index in [1.807, 2.05) is 0 Å². The summed E-state index contributed by atoms with van der Waals surface area (Å²) in [5.41, 5.74) is 3.49. The van der Waals surface area contributed by atoms with Crippen molar-refractivity contribution < 1.29 is 0 Å². The zero-order valence-corrected chi connectivity index (χ0v) is 13.4. The summed E-state index contributed by atoms with van der Waals surface area (Å²) >= 11 is 3.52. The Morgan fingerprint density at radius 3 is 2.85 bits per heavy atom. The highest BCUT2D eigenvalue weighted by atomic mass is 79.9. The van der Waals surface area contributed by atoms with Crippen LogP contribution in [-0.4, -0.2) is 9.78 Å². The number of hydrogen-bond acceptors (Lipinski definition) is 2. The number of benzene rings is 1. The van der Waals surface area contributed by atoms with Crippen molar-refractivity contribution in [2.45, 2.75) is 45.2 Å². The van der Waals surface area contributed by atoms with E-state index in [-0.39, 0.29) is 0 Å². The van der Waals surface area contributed by atoms with Crippen LogP contribution < -0.4 is 5.32 Å². The number of nitrogens with zero attached hydrogens (tertiary/aromatic N) is 2. The van der Waals surface area contributed by atoms with Gasteiger partial charge in [0.25, 0.3) is 0 Å². The van der Waals surface area contributed by atoms with Crippen LogP contribution in [0.2, 0.25) is 0 Å². The first-order valence-corrected chi connectivity index (χ1v) is 8.06. The maximum absolute atomic E-state index is 4.69. The van der Waals surface area contributed by atoms with E-state index in [0.717, 1.165) is 22.4 Å². The third-order valence-corrected chi connectivity index (χ3v) is 4.88. The van der Waals surface area contributed by atoms with Gasteiger partial charge in [0.15, 0.2) is 0 Å². The van der Waals surface area contributed by atoms with E-state index >= 15 is 0 Å². The third-order valence-electron chi connectivity index (χ3n) is 3.99. The first-order chi connectivity index (χ1) is 9.72. The average Bonchev–Trinajstić information content (AvgIpc) is 3.09. The highest BCUT2D eigenvalue weighted by Crippen LogP contribution is 2.28. The van der Waals surface area contributed by atoms with Crippen molar-refractivity contribution in [3.63, 3.8) is 0 Å². The second-order valence-corrected chi connectivity index (χ2v) is 6.40. The molecule has 3 nitrogen and oxygen atoms in total. The molecule has 0 atom stereocenters. The summed E-state index contributed by atoms with van der Waals surface area (Å²) in [6, 6.07) is 9.06. The summed E-state index contributed by atoms with van der Waals surface area (Å²) in [5.74, 6) is 0. The SMILES string of the molecule is Cc1cc(NCc2ccn(C3CCCC3)n2)ccc1Br. The standard InChI is InChI=1S/C16H20BrN3/c1-12-10-13(6-7-16(12)17)18-11-14-8-9-20(19-14)15-4-2-3-5-15/h6-10,15,18H,2-5,11H2,1H3. The van der Waals surface area contributed by atoms with Gasteiger partial charge in [0.2, 0.25) is 0 Å². The minimum atomic E-state index is 0.624. The van der Waals surface area contributed by atoms with Crippen LogP contribution in [0.15, 0.2) is 34.9 Å². The van der Waals surface area contributed by atoms with Crippen molar-refractivity contribution in [3.8, 4) is 0 Å². The van der Waals surface area contributed by atoms with E-state index in [0.29, 0.717) is 6.04 Å². The molecule has 0 amide bonds. The Hall–Kier alpha value is -1.29. The topological polar surface area (TPSA) is 29.9 Å². The van der Waals surface area contributed by atoms with E-state index in [2.05, 4.69) is 63.3 Å².